The monoisotopic (exact) mass is 399 g/mol. The highest BCUT2D eigenvalue weighted by Gasteiger charge is 2.09. The molecule has 0 atom stereocenters. The molecule has 0 aliphatic rings. The van der Waals surface area contributed by atoms with Crippen molar-refractivity contribution >= 4 is 17.3 Å². The Morgan fingerprint density at radius 2 is 1.81 bits per heavy atom. The fourth-order valence-corrected chi connectivity index (χ4v) is 2.60. The van der Waals surface area contributed by atoms with Crippen LogP contribution in [0.3, 0.4) is 0 Å². The first kappa shape index (κ1) is 23.3. The van der Waals surface area contributed by atoms with Crippen molar-refractivity contribution in [2.24, 2.45) is 5.16 Å². The van der Waals surface area contributed by atoms with Crippen LogP contribution in [0.1, 0.15) is 57.6 Å². The molecule has 0 aromatic heterocycles. The van der Waals surface area contributed by atoms with Gasteiger partial charge in [-0.15, -0.1) is 0 Å². The maximum atomic E-state index is 12.5. The van der Waals surface area contributed by atoms with Gasteiger partial charge in [0, 0.05) is 6.08 Å². The van der Waals surface area contributed by atoms with E-state index in [-0.39, 0.29) is 6.61 Å². The van der Waals surface area contributed by atoms with Crippen LogP contribution < -0.4 is 9.47 Å². The van der Waals surface area contributed by atoms with Crippen LogP contribution >= 0.6 is 11.6 Å². The average Bonchev–Trinajstić information content (AvgIpc) is 2.60. The summed E-state index contributed by atoms with van der Waals surface area (Å²) >= 11 is 5.17. The zero-order valence-electron chi connectivity index (χ0n) is 16.8. The first-order valence-corrected chi connectivity index (χ1v) is 9.85. The van der Waals surface area contributed by atoms with Gasteiger partial charge >= 0.3 is 0 Å². The van der Waals surface area contributed by atoms with Crippen molar-refractivity contribution in [3.63, 3.8) is 0 Å². The third-order valence-corrected chi connectivity index (χ3v) is 3.97. The van der Waals surface area contributed by atoms with Gasteiger partial charge in [-0.25, -0.2) is 0 Å². The fourth-order valence-electron chi connectivity index (χ4n) is 2.54. The Kier molecular flexibility index (Phi) is 11.6. The zero-order chi connectivity index (χ0) is 20.1. The van der Waals surface area contributed by atoms with E-state index in [0.29, 0.717) is 19.0 Å². The van der Waals surface area contributed by atoms with Crippen LogP contribution in [0.4, 0.5) is 4.39 Å². The number of oxime groups is 1. The standard InChI is InChI=1S/C21H31ClFNO3/c1-5-18-15-19(25-13-10-20(22)23)14-17(4)21(18)26-11-8-6-7-9-12-27-24-16(2)3/h10,14-15H,5-9,11-13H2,1-4H3/b20-10+. The second-order valence-corrected chi connectivity index (χ2v) is 6.88. The van der Waals surface area contributed by atoms with Crippen LogP contribution in [0, 0.1) is 6.92 Å². The second-order valence-electron chi connectivity index (χ2n) is 6.52. The number of ether oxygens (including phenoxy) is 2. The summed E-state index contributed by atoms with van der Waals surface area (Å²) in [6.45, 7) is 9.34. The SMILES string of the molecule is CCc1cc(OC/C=C(/F)Cl)cc(C)c1OCCCCCCON=C(C)C. The van der Waals surface area contributed by atoms with Gasteiger partial charge in [-0.2, -0.15) is 4.39 Å². The van der Waals surface area contributed by atoms with E-state index < -0.39 is 5.29 Å². The van der Waals surface area contributed by atoms with E-state index in [9.17, 15) is 4.39 Å². The van der Waals surface area contributed by atoms with E-state index in [1.807, 2.05) is 32.9 Å². The summed E-state index contributed by atoms with van der Waals surface area (Å²) in [5.74, 6) is 1.61. The first-order chi connectivity index (χ1) is 12.9. The van der Waals surface area contributed by atoms with Gasteiger partial charge in [0.05, 0.1) is 12.3 Å². The number of rotatable bonds is 13. The highest BCUT2D eigenvalue weighted by atomic mass is 35.5. The maximum Gasteiger partial charge on any atom is 0.188 e. The van der Waals surface area contributed by atoms with Crippen molar-refractivity contribution in [3.8, 4) is 11.5 Å². The minimum atomic E-state index is -0.762. The first-order valence-electron chi connectivity index (χ1n) is 9.47. The molecule has 0 spiro atoms. The van der Waals surface area contributed by atoms with Gasteiger partial charge in [-0.1, -0.05) is 23.7 Å². The molecule has 1 rings (SSSR count). The summed E-state index contributed by atoms with van der Waals surface area (Å²) in [6, 6.07) is 3.85. The molecule has 27 heavy (non-hydrogen) atoms. The molecular weight excluding hydrogens is 369 g/mol. The third-order valence-electron chi connectivity index (χ3n) is 3.82. The van der Waals surface area contributed by atoms with Gasteiger partial charge in [-0.3, -0.25) is 0 Å². The van der Waals surface area contributed by atoms with E-state index >= 15 is 0 Å². The largest absolute Gasteiger partial charge is 0.493 e. The lowest BCUT2D eigenvalue weighted by Gasteiger charge is -2.15. The Balaban J connectivity index is 2.39. The van der Waals surface area contributed by atoms with Crippen LogP contribution in [-0.4, -0.2) is 25.5 Å². The van der Waals surface area contributed by atoms with Crippen molar-refractivity contribution in [2.45, 2.75) is 59.8 Å². The molecule has 0 saturated carbocycles. The van der Waals surface area contributed by atoms with Crippen molar-refractivity contribution in [1.82, 2.24) is 0 Å². The smallest absolute Gasteiger partial charge is 0.188 e. The van der Waals surface area contributed by atoms with Gasteiger partial charge in [0.1, 0.15) is 24.7 Å². The van der Waals surface area contributed by atoms with Gasteiger partial charge < -0.3 is 14.3 Å². The summed E-state index contributed by atoms with van der Waals surface area (Å²) in [4.78, 5) is 5.18. The van der Waals surface area contributed by atoms with Gasteiger partial charge in [-0.05, 0) is 76.1 Å². The topological polar surface area (TPSA) is 40.0 Å². The summed E-state index contributed by atoms with van der Waals surface area (Å²) in [5, 5.41) is 3.15. The number of hydrogen-bond donors (Lipinski definition) is 0. The fraction of sp³-hybridized carbons (Fsp3) is 0.571. The molecule has 6 heteroatoms. The molecule has 4 nitrogen and oxygen atoms in total. The predicted molar refractivity (Wildman–Crippen MR) is 110 cm³/mol. The Morgan fingerprint density at radius 1 is 1.11 bits per heavy atom. The molecule has 0 unspecified atom stereocenters. The van der Waals surface area contributed by atoms with Crippen LogP contribution in [0.2, 0.25) is 0 Å². The van der Waals surface area contributed by atoms with Crippen LogP contribution in [0.5, 0.6) is 11.5 Å². The molecule has 1 aromatic carbocycles. The Hall–Kier alpha value is -1.75. The number of unbranched alkanes of at least 4 members (excludes halogenated alkanes) is 3. The van der Waals surface area contributed by atoms with Crippen molar-refractivity contribution < 1.29 is 18.7 Å². The van der Waals surface area contributed by atoms with E-state index in [1.54, 1.807) is 0 Å². The molecule has 0 aliphatic heterocycles. The number of aryl methyl sites for hydroxylation is 2. The van der Waals surface area contributed by atoms with Crippen molar-refractivity contribution in [2.75, 3.05) is 19.8 Å². The molecule has 1 aromatic rings. The molecular formula is C21H31ClFNO3. The molecule has 0 fully saturated rings. The molecule has 152 valence electrons. The van der Waals surface area contributed by atoms with E-state index in [4.69, 9.17) is 25.9 Å². The number of hydrogen-bond acceptors (Lipinski definition) is 4. The predicted octanol–water partition coefficient (Wildman–Crippen LogP) is 6.34. The zero-order valence-corrected chi connectivity index (χ0v) is 17.6. The van der Waals surface area contributed by atoms with Gasteiger partial charge in [0.15, 0.2) is 5.29 Å². The van der Waals surface area contributed by atoms with Crippen molar-refractivity contribution in [1.29, 1.82) is 0 Å². The molecule has 0 radical (unpaired) electrons. The molecule has 0 aliphatic carbocycles. The Labute approximate surface area is 167 Å². The number of nitrogens with zero attached hydrogens (tertiary/aromatic N) is 1. The molecule has 0 N–H and O–H groups in total. The van der Waals surface area contributed by atoms with E-state index in [0.717, 1.165) is 54.7 Å². The normalized spacial score (nSPS) is 11.3. The second kappa shape index (κ2) is 13.4. The highest BCUT2D eigenvalue weighted by molar-refractivity contribution is 6.28. The van der Waals surface area contributed by atoms with Gasteiger partial charge in [0.2, 0.25) is 0 Å². The van der Waals surface area contributed by atoms with E-state index in [1.165, 1.54) is 6.08 Å². The third kappa shape index (κ3) is 10.2. The Morgan fingerprint density at radius 3 is 2.44 bits per heavy atom. The lowest BCUT2D eigenvalue weighted by atomic mass is 10.1. The van der Waals surface area contributed by atoms with Crippen LogP contribution in [0.25, 0.3) is 0 Å². The molecule has 0 amide bonds. The van der Waals surface area contributed by atoms with Crippen LogP contribution in [-0.2, 0) is 11.3 Å². The maximum absolute atomic E-state index is 12.5. The number of benzene rings is 1. The van der Waals surface area contributed by atoms with Crippen LogP contribution in [0.15, 0.2) is 28.7 Å². The molecule has 0 saturated heterocycles. The highest BCUT2D eigenvalue weighted by Crippen LogP contribution is 2.30. The van der Waals surface area contributed by atoms with Gasteiger partial charge in [0.25, 0.3) is 0 Å². The Bertz CT molecular complexity index is 624. The number of halogens is 2. The molecule has 0 bridgehead atoms. The van der Waals surface area contributed by atoms with Crippen molar-refractivity contribution in [3.05, 3.63) is 34.6 Å². The average molecular weight is 400 g/mol. The summed E-state index contributed by atoms with van der Waals surface area (Å²) < 4.78 is 24.1. The summed E-state index contributed by atoms with van der Waals surface area (Å²) in [5.41, 5.74) is 3.03. The van der Waals surface area contributed by atoms with E-state index in [2.05, 4.69) is 12.1 Å². The summed E-state index contributed by atoms with van der Waals surface area (Å²) in [7, 11) is 0. The lowest BCUT2D eigenvalue weighted by Crippen LogP contribution is -2.03. The summed E-state index contributed by atoms with van der Waals surface area (Å²) in [6.07, 6.45) is 6.21. The minimum absolute atomic E-state index is 0.102. The molecule has 0 heterocycles. The minimum Gasteiger partial charge on any atom is -0.493 e. The lowest BCUT2D eigenvalue weighted by molar-refractivity contribution is 0.139. The quantitative estimate of drug-likeness (QED) is 0.221.